The van der Waals surface area contributed by atoms with Crippen molar-refractivity contribution in [2.24, 2.45) is 0 Å². The summed E-state index contributed by atoms with van der Waals surface area (Å²) in [6.45, 7) is -0.118. The number of carbonyl (C=O) groups is 1. The van der Waals surface area contributed by atoms with E-state index in [-0.39, 0.29) is 6.61 Å². The van der Waals surface area contributed by atoms with Crippen molar-refractivity contribution in [1.82, 2.24) is 0 Å². The minimum Gasteiger partial charge on any atom is -0.493 e. The number of ether oxygens (including phenoxy) is 3. The first kappa shape index (κ1) is 11.9. The lowest BCUT2D eigenvalue weighted by molar-refractivity contribution is 0.112. The number of nitrogens with zero attached hydrogens (tertiary/aromatic N) is 1. The third-order valence-corrected chi connectivity index (χ3v) is 1.90. The van der Waals surface area contributed by atoms with E-state index < -0.39 is 0 Å². The van der Waals surface area contributed by atoms with Crippen LogP contribution in [0.25, 0.3) is 0 Å². The fraction of sp³-hybridized carbons (Fsp3) is 0.273. The average Bonchev–Trinajstić information content (AvgIpc) is 2.35. The molecule has 0 aliphatic carbocycles. The Labute approximate surface area is 93.2 Å². The summed E-state index contributed by atoms with van der Waals surface area (Å²) < 4.78 is 15.3. The first-order chi connectivity index (χ1) is 7.76. The van der Waals surface area contributed by atoms with Gasteiger partial charge in [0.15, 0.2) is 18.1 Å². The van der Waals surface area contributed by atoms with E-state index in [4.69, 9.17) is 19.5 Å². The molecule has 16 heavy (non-hydrogen) atoms. The molecule has 0 aliphatic rings. The van der Waals surface area contributed by atoms with Crippen molar-refractivity contribution in [2.45, 2.75) is 0 Å². The number of benzene rings is 1. The van der Waals surface area contributed by atoms with Gasteiger partial charge < -0.3 is 14.2 Å². The van der Waals surface area contributed by atoms with Crippen LogP contribution in [0.15, 0.2) is 12.1 Å². The van der Waals surface area contributed by atoms with E-state index in [1.807, 2.05) is 6.07 Å². The Morgan fingerprint density at radius 2 is 1.88 bits per heavy atom. The van der Waals surface area contributed by atoms with E-state index in [1.165, 1.54) is 26.4 Å². The van der Waals surface area contributed by atoms with Gasteiger partial charge in [-0.3, -0.25) is 4.79 Å². The number of methoxy groups -OCH3 is 2. The highest BCUT2D eigenvalue weighted by molar-refractivity contribution is 5.78. The summed E-state index contributed by atoms with van der Waals surface area (Å²) in [6.07, 6.45) is 0.680. The maximum absolute atomic E-state index is 10.7. The Kier molecular flexibility index (Phi) is 4.16. The topological polar surface area (TPSA) is 68.6 Å². The Morgan fingerprint density at radius 1 is 1.31 bits per heavy atom. The van der Waals surface area contributed by atoms with Gasteiger partial charge in [0.1, 0.15) is 12.4 Å². The maximum Gasteiger partial charge on any atom is 0.204 e. The molecule has 5 heteroatoms. The van der Waals surface area contributed by atoms with Gasteiger partial charge in [0.2, 0.25) is 5.75 Å². The zero-order valence-corrected chi connectivity index (χ0v) is 9.02. The van der Waals surface area contributed by atoms with E-state index in [9.17, 15) is 4.79 Å². The van der Waals surface area contributed by atoms with Crippen LogP contribution in [0.3, 0.4) is 0 Å². The van der Waals surface area contributed by atoms with Crippen molar-refractivity contribution >= 4 is 6.29 Å². The van der Waals surface area contributed by atoms with Crippen LogP contribution in [0.4, 0.5) is 0 Å². The molecule has 0 amide bonds. The Balaban J connectivity index is 3.20. The molecule has 0 saturated heterocycles. The Hall–Kier alpha value is -2.22. The standard InChI is InChI=1S/C11H11NO4/c1-14-9-5-8(7-13)6-10(15-2)11(9)16-4-3-12/h5-7H,4H2,1-2H3. The predicted molar refractivity (Wildman–Crippen MR) is 56.0 cm³/mol. The predicted octanol–water partition coefficient (Wildman–Crippen LogP) is 1.42. The van der Waals surface area contributed by atoms with Crippen LogP contribution in [0.5, 0.6) is 17.2 Å². The lowest BCUT2D eigenvalue weighted by Crippen LogP contribution is -2.00. The van der Waals surface area contributed by atoms with Gasteiger partial charge in [-0.1, -0.05) is 0 Å². The second-order valence-corrected chi connectivity index (χ2v) is 2.82. The number of rotatable bonds is 5. The number of hydrogen-bond donors (Lipinski definition) is 0. The Bertz CT molecular complexity index is 397. The summed E-state index contributed by atoms with van der Waals surface area (Å²) in [4.78, 5) is 10.7. The number of hydrogen-bond acceptors (Lipinski definition) is 5. The number of nitriles is 1. The molecule has 0 heterocycles. The van der Waals surface area contributed by atoms with Crippen molar-refractivity contribution in [3.63, 3.8) is 0 Å². The number of carbonyl (C=O) groups excluding carboxylic acids is 1. The zero-order valence-electron chi connectivity index (χ0n) is 9.02. The molecule has 0 bridgehead atoms. The van der Waals surface area contributed by atoms with Gasteiger partial charge in [0, 0.05) is 5.56 Å². The van der Waals surface area contributed by atoms with Crippen LogP contribution in [-0.2, 0) is 0 Å². The highest BCUT2D eigenvalue weighted by Crippen LogP contribution is 2.38. The average molecular weight is 221 g/mol. The second-order valence-electron chi connectivity index (χ2n) is 2.82. The molecule has 0 N–H and O–H groups in total. The monoisotopic (exact) mass is 221 g/mol. The van der Waals surface area contributed by atoms with Crippen LogP contribution >= 0.6 is 0 Å². The van der Waals surface area contributed by atoms with E-state index in [0.29, 0.717) is 29.1 Å². The van der Waals surface area contributed by atoms with Crippen LogP contribution in [0.1, 0.15) is 10.4 Å². The summed E-state index contributed by atoms with van der Waals surface area (Å²) >= 11 is 0. The molecule has 0 fully saturated rings. The van der Waals surface area contributed by atoms with Gasteiger partial charge in [-0.15, -0.1) is 0 Å². The lowest BCUT2D eigenvalue weighted by Gasteiger charge is -2.13. The second kappa shape index (κ2) is 5.61. The minimum absolute atomic E-state index is 0.118. The van der Waals surface area contributed by atoms with Crippen molar-refractivity contribution < 1.29 is 19.0 Å². The normalized spacial score (nSPS) is 9.06. The molecule has 1 aromatic rings. The minimum atomic E-state index is -0.118. The molecule has 0 radical (unpaired) electrons. The fourth-order valence-corrected chi connectivity index (χ4v) is 1.21. The van der Waals surface area contributed by atoms with E-state index in [1.54, 1.807) is 0 Å². The zero-order chi connectivity index (χ0) is 12.0. The summed E-state index contributed by atoms with van der Waals surface area (Å²) in [5.41, 5.74) is 0.415. The first-order valence-electron chi connectivity index (χ1n) is 4.47. The smallest absolute Gasteiger partial charge is 0.204 e. The van der Waals surface area contributed by atoms with E-state index in [2.05, 4.69) is 0 Å². The van der Waals surface area contributed by atoms with Gasteiger partial charge in [0.05, 0.1) is 14.2 Å². The largest absolute Gasteiger partial charge is 0.493 e. The Morgan fingerprint density at radius 3 is 2.25 bits per heavy atom. The van der Waals surface area contributed by atoms with Crippen molar-refractivity contribution in [3.05, 3.63) is 17.7 Å². The molecule has 0 atom stereocenters. The molecule has 0 aliphatic heterocycles. The van der Waals surface area contributed by atoms with Crippen molar-refractivity contribution in [3.8, 4) is 23.3 Å². The molecule has 0 spiro atoms. The molecular formula is C11H11NO4. The summed E-state index contributed by atoms with van der Waals surface area (Å²) in [5.74, 6) is 1.03. The number of aldehydes is 1. The SMILES string of the molecule is COc1cc(C=O)cc(OC)c1OCC#N. The highest BCUT2D eigenvalue weighted by Gasteiger charge is 2.13. The van der Waals surface area contributed by atoms with Crippen molar-refractivity contribution in [2.75, 3.05) is 20.8 Å². The molecule has 0 unspecified atom stereocenters. The summed E-state index contributed by atoms with van der Waals surface area (Å²) in [6, 6.07) is 4.88. The molecule has 0 saturated carbocycles. The van der Waals surface area contributed by atoms with Crippen LogP contribution in [0.2, 0.25) is 0 Å². The van der Waals surface area contributed by atoms with Crippen molar-refractivity contribution in [1.29, 1.82) is 5.26 Å². The molecule has 0 aromatic heterocycles. The summed E-state index contributed by atoms with van der Waals surface area (Å²) in [7, 11) is 2.89. The van der Waals surface area contributed by atoms with E-state index in [0.717, 1.165) is 0 Å². The van der Waals surface area contributed by atoms with Crippen LogP contribution in [0, 0.1) is 11.3 Å². The van der Waals surface area contributed by atoms with Gasteiger partial charge in [0.25, 0.3) is 0 Å². The quantitative estimate of drug-likeness (QED) is 0.703. The van der Waals surface area contributed by atoms with Gasteiger partial charge in [-0.25, -0.2) is 0 Å². The van der Waals surface area contributed by atoms with Crippen LogP contribution < -0.4 is 14.2 Å². The molecular weight excluding hydrogens is 210 g/mol. The maximum atomic E-state index is 10.7. The summed E-state index contributed by atoms with van der Waals surface area (Å²) in [5, 5.41) is 8.44. The van der Waals surface area contributed by atoms with Gasteiger partial charge >= 0.3 is 0 Å². The highest BCUT2D eigenvalue weighted by atomic mass is 16.5. The van der Waals surface area contributed by atoms with Gasteiger partial charge in [-0.2, -0.15) is 5.26 Å². The molecule has 1 aromatic carbocycles. The lowest BCUT2D eigenvalue weighted by atomic mass is 10.2. The molecule has 1 rings (SSSR count). The molecule has 84 valence electrons. The molecule has 5 nitrogen and oxygen atoms in total. The first-order valence-corrected chi connectivity index (χ1v) is 4.47. The van der Waals surface area contributed by atoms with Gasteiger partial charge in [-0.05, 0) is 12.1 Å². The van der Waals surface area contributed by atoms with Crippen LogP contribution in [-0.4, -0.2) is 27.1 Å². The van der Waals surface area contributed by atoms with E-state index >= 15 is 0 Å². The fourth-order valence-electron chi connectivity index (χ4n) is 1.21. The third-order valence-electron chi connectivity index (χ3n) is 1.90. The third kappa shape index (κ3) is 2.42.